The number of amides is 2. The Morgan fingerprint density at radius 3 is 2.83 bits per heavy atom. The highest BCUT2D eigenvalue weighted by Crippen LogP contribution is 2.27. The van der Waals surface area contributed by atoms with Crippen molar-refractivity contribution in [1.82, 2.24) is 5.32 Å². The van der Waals surface area contributed by atoms with Gasteiger partial charge in [-0.15, -0.1) is 0 Å². The first-order valence-electron chi connectivity index (χ1n) is 7.47. The summed E-state index contributed by atoms with van der Waals surface area (Å²) in [4.78, 5) is 25.7. The van der Waals surface area contributed by atoms with E-state index in [0.717, 1.165) is 16.8 Å². The fourth-order valence-electron chi connectivity index (χ4n) is 2.73. The van der Waals surface area contributed by atoms with Crippen molar-refractivity contribution in [2.45, 2.75) is 19.4 Å². The normalized spacial score (nSPS) is 13.7. The van der Waals surface area contributed by atoms with Crippen molar-refractivity contribution in [3.8, 4) is 0 Å². The molecule has 23 heavy (non-hydrogen) atoms. The molecule has 4 nitrogen and oxygen atoms in total. The van der Waals surface area contributed by atoms with Crippen molar-refractivity contribution < 1.29 is 9.59 Å². The van der Waals surface area contributed by atoms with Crippen molar-refractivity contribution in [3.05, 3.63) is 64.2 Å². The van der Waals surface area contributed by atoms with Crippen LogP contribution >= 0.6 is 11.6 Å². The van der Waals surface area contributed by atoms with E-state index < -0.39 is 0 Å². The summed E-state index contributed by atoms with van der Waals surface area (Å²) in [6.45, 7) is 0.425. The molecule has 1 heterocycles. The second kappa shape index (κ2) is 6.42. The fourth-order valence-corrected chi connectivity index (χ4v) is 2.94. The number of hydrogen-bond acceptors (Lipinski definition) is 2. The van der Waals surface area contributed by atoms with Gasteiger partial charge in [0.15, 0.2) is 0 Å². The molecule has 2 amide bonds. The molecule has 1 N–H and O–H groups in total. The predicted octanol–water partition coefficient (Wildman–Crippen LogP) is 3.18. The van der Waals surface area contributed by atoms with Gasteiger partial charge in [0, 0.05) is 36.3 Å². The first-order valence-corrected chi connectivity index (χ1v) is 7.84. The van der Waals surface area contributed by atoms with Crippen LogP contribution in [0.15, 0.2) is 42.5 Å². The van der Waals surface area contributed by atoms with Gasteiger partial charge in [-0.3, -0.25) is 9.59 Å². The van der Waals surface area contributed by atoms with E-state index in [4.69, 9.17) is 11.6 Å². The number of halogens is 1. The molecule has 0 fully saturated rings. The largest absolute Gasteiger partial charge is 0.348 e. The first kappa shape index (κ1) is 15.6. The summed E-state index contributed by atoms with van der Waals surface area (Å²) in [5.74, 6) is -0.0250. The molecule has 0 saturated heterocycles. The van der Waals surface area contributed by atoms with E-state index in [-0.39, 0.29) is 11.8 Å². The summed E-state index contributed by atoms with van der Waals surface area (Å²) in [7, 11) is 1.76. The highest BCUT2D eigenvalue weighted by atomic mass is 35.5. The molecular weight excluding hydrogens is 312 g/mol. The molecule has 5 heteroatoms. The Kier molecular flexibility index (Phi) is 4.35. The van der Waals surface area contributed by atoms with Gasteiger partial charge in [0.1, 0.15) is 0 Å². The maximum absolute atomic E-state index is 12.3. The lowest BCUT2D eigenvalue weighted by atomic mass is 9.99. The summed E-state index contributed by atoms with van der Waals surface area (Å²) in [6.07, 6.45) is 1.16. The third-order valence-corrected chi connectivity index (χ3v) is 4.26. The topological polar surface area (TPSA) is 49.4 Å². The van der Waals surface area contributed by atoms with E-state index >= 15 is 0 Å². The minimum absolute atomic E-state index is 0.107. The molecule has 0 aliphatic carbocycles. The average Bonchev–Trinajstić information content (AvgIpc) is 2.56. The van der Waals surface area contributed by atoms with Crippen LogP contribution in [0.25, 0.3) is 0 Å². The molecule has 2 aromatic carbocycles. The van der Waals surface area contributed by atoms with Gasteiger partial charge in [0.25, 0.3) is 5.91 Å². The fraction of sp³-hybridized carbons (Fsp3) is 0.222. The Morgan fingerprint density at radius 1 is 1.22 bits per heavy atom. The Hall–Kier alpha value is -2.33. The minimum atomic E-state index is -0.132. The van der Waals surface area contributed by atoms with E-state index in [2.05, 4.69) is 5.32 Å². The summed E-state index contributed by atoms with van der Waals surface area (Å²) < 4.78 is 0. The number of hydrogen-bond donors (Lipinski definition) is 1. The van der Waals surface area contributed by atoms with Crippen LogP contribution in [0, 0.1) is 0 Å². The van der Waals surface area contributed by atoms with E-state index in [1.807, 2.05) is 30.3 Å². The zero-order valence-electron chi connectivity index (χ0n) is 12.8. The van der Waals surface area contributed by atoms with Crippen molar-refractivity contribution in [3.63, 3.8) is 0 Å². The number of anilines is 1. The van der Waals surface area contributed by atoms with E-state index in [1.165, 1.54) is 0 Å². The molecule has 0 spiro atoms. The third kappa shape index (κ3) is 3.37. The lowest BCUT2D eigenvalue weighted by molar-refractivity contribution is -0.118. The van der Waals surface area contributed by atoms with Crippen LogP contribution in [0.1, 0.15) is 27.9 Å². The smallest absolute Gasteiger partial charge is 0.251 e. The molecule has 3 rings (SSSR count). The van der Waals surface area contributed by atoms with Crippen LogP contribution in [-0.4, -0.2) is 18.9 Å². The third-order valence-electron chi connectivity index (χ3n) is 4.03. The number of rotatable bonds is 3. The van der Waals surface area contributed by atoms with Crippen LogP contribution < -0.4 is 10.2 Å². The molecular formula is C18H17ClN2O2. The quantitative estimate of drug-likeness (QED) is 0.940. The average molecular weight is 329 g/mol. The summed E-state index contributed by atoms with van der Waals surface area (Å²) in [5, 5.41) is 3.54. The number of aryl methyl sites for hydroxylation is 1. The van der Waals surface area contributed by atoms with Crippen molar-refractivity contribution in [1.29, 1.82) is 0 Å². The molecule has 1 aliphatic rings. The zero-order valence-corrected chi connectivity index (χ0v) is 13.6. The molecule has 0 radical (unpaired) electrons. The summed E-state index contributed by atoms with van der Waals surface area (Å²) >= 11 is 5.94. The number of fused-ring (bicyclic) bond motifs is 1. The molecule has 0 unspecified atom stereocenters. The van der Waals surface area contributed by atoms with Gasteiger partial charge >= 0.3 is 0 Å². The Bertz CT molecular complexity index is 773. The summed E-state index contributed by atoms with van der Waals surface area (Å²) in [5.41, 5.74) is 3.47. The second-order valence-electron chi connectivity index (χ2n) is 5.61. The SMILES string of the molecule is CN1C(=O)CCc2cc(C(=O)NCc3cccc(Cl)c3)ccc21. The van der Waals surface area contributed by atoms with Crippen molar-refractivity contribution in [2.75, 3.05) is 11.9 Å². The maximum Gasteiger partial charge on any atom is 0.251 e. The molecule has 0 bridgehead atoms. The van der Waals surface area contributed by atoms with E-state index in [9.17, 15) is 9.59 Å². The lowest BCUT2D eigenvalue weighted by Crippen LogP contribution is -2.31. The predicted molar refractivity (Wildman–Crippen MR) is 90.8 cm³/mol. The van der Waals surface area contributed by atoms with Gasteiger partial charge in [0.2, 0.25) is 5.91 Å². The molecule has 0 saturated carbocycles. The molecule has 2 aromatic rings. The van der Waals surface area contributed by atoms with Gasteiger partial charge in [-0.25, -0.2) is 0 Å². The molecule has 1 aliphatic heterocycles. The zero-order chi connectivity index (χ0) is 16.4. The van der Waals surface area contributed by atoms with Gasteiger partial charge < -0.3 is 10.2 Å². The minimum Gasteiger partial charge on any atom is -0.348 e. The van der Waals surface area contributed by atoms with Gasteiger partial charge in [-0.2, -0.15) is 0 Å². The van der Waals surface area contributed by atoms with Crippen LogP contribution in [0.5, 0.6) is 0 Å². The van der Waals surface area contributed by atoms with Crippen LogP contribution in [0.2, 0.25) is 5.02 Å². The van der Waals surface area contributed by atoms with Crippen LogP contribution in [0.3, 0.4) is 0 Å². The summed E-state index contributed by atoms with van der Waals surface area (Å²) in [6, 6.07) is 12.9. The number of benzene rings is 2. The van der Waals surface area contributed by atoms with E-state index in [0.29, 0.717) is 30.0 Å². The molecule has 0 aromatic heterocycles. The van der Waals surface area contributed by atoms with Crippen molar-refractivity contribution in [2.24, 2.45) is 0 Å². The van der Waals surface area contributed by atoms with Crippen molar-refractivity contribution >= 4 is 29.1 Å². The number of carbonyl (C=O) groups excluding carboxylic acids is 2. The number of nitrogens with zero attached hydrogens (tertiary/aromatic N) is 1. The molecule has 118 valence electrons. The van der Waals surface area contributed by atoms with Gasteiger partial charge in [0.05, 0.1) is 0 Å². The Labute approximate surface area is 140 Å². The number of nitrogens with one attached hydrogen (secondary N) is 1. The van der Waals surface area contributed by atoms with E-state index in [1.54, 1.807) is 24.1 Å². The second-order valence-corrected chi connectivity index (χ2v) is 6.05. The highest BCUT2D eigenvalue weighted by molar-refractivity contribution is 6.30. The lowest BCUT2D eigenvalue weighted by Gasteiger charge is -2.26. The Balaban J connectivity index is 1.72. The van der Waals surface area contributed by atoms with Crippen LogP contribution in [0.4, 0.5) is 5.69 Å². The Morgan fingerprint density at radius 2 is 2.04 bits per heavy atom. The maximum atomic E-state index is 12.3. The highest BCUT2D eigenvalue weighted by Gasteiger charge is 2.21. The molecule has 0 atom stereocenters. The van der Waals surface area contributed by atoms with Gasteiger partial charge in [-0.1, -0.05) is 23.7 Å². The number of carbonyl (C=O) groups is 2. The first-order chi connectivity index (χ1) is 11.0. The monoisotopic (exact) mass is 328 g/mol. The van der Waals surface area contributed by atoms with Crippen LogP contribution in [-0.2, 0) is 17.8 Å². The van der Waals surface area contributed by atoms with Gasteiger partial charge in [-0.05, 0) is 47.9 Å². The standard InChI is InChI=1S/C18H17ClN2O2/c1-21-16-7-5-14(10-13(16)6-8-17(21)22)18(23)20-11-12-3-2-4-15(19)9-12/h2-5,7,9-10H,6,8,11H2,1H3,(H,20,23).